The number of pyridine rings is 1. The number of nitrogens with zero attached hydrogens (tertiary/aromatic N) is 4. The molecule has 2 rings (SSSR count). The summed E-state index contributed by atoms with van der Waals surface area (Å²) in [6.07, 6.45) is 1.59. The molecular formula is C11H11BrN4O2. The molecule has 0 aromatic carbocycles. The minimum Gasteiger partial charge on any atom is -0.258 e. The number of hydrogen-bond donors (Lipinski definition) is 0. The van der Waals surface area contributed by atoms with Crippen LogP contribution < -0.4 is 0 Å². The van der Waals surface area contributed by atoms with Gasteiger partial charge in [0.05, 0.1) is 20.8 Å². The van der Waals surface area contributed by atoms with Gasteiger partial charge in [0.15, 0.2) is 0 Å². The van der Waals surface area contributed by atoms with Gasteiger partial charge in [-0.05, 0) is 42.3 Å². The molecule has 0 aliphatic heterocycles. The third kappa shape index (κ3) is 2.01. The second-order valence-corrected chi connectivity index (χ2v) is 4.80. The van der Waals surface area contributed by atoms with Crippen molar-refractivity contribution in [3.05, 3.63) is 43.8 Å². The first-order chi connectivity index (χ1) is 8.41. The van der Waals surface area contributed by atoms with Gasteiger partial charge in [-0.15, -0.1) is 0 Å². The van der Waals surface area contributed by atoms with Crippen LogP contribution in [-0.4, -0.2) is 19.7 Å². The molecule has 0 atom stereocenters. The molecule has 0 unspecified atom stereocenters. The van der Waals surface area contributed by atoms with E-state index >= 15 is 0 Å². The Morgan fingerprint density at radius 2 is 2.06 bits per heavy atom. The molecule has 94 valence electrons. The average molecular weight is 311 g/mol. The van der Waals surface area contributed by atoms with Gasteiger partial charge in [-0.25, -0.2) is 9.67 Å². The molecule has 6 nitrogen and oxygen atoms in total. The fraction of sp³-hybridized carbons (Fsp3) is 0.273. The third-order valence-corrected chi connectivity index (χ3v) is 3.73. The Morgan fingerprint density at radius 3 is 2.56 bits per heavy atom. The summed E-state index contributed by atoms with van der Waals surface area (Å²) in [4.78, 5) is 14.7. The SMILES string of the molecule is Cc1cnc(-n2nc(C)c(Br)c2C)c([N+](=O)[O-])c1. The van der Waals surface area contributed by atoms with E-state index in [0.717, 1.165) is 21.4 Å². The molecule has 7 heteroatoms. The first-order valence-electron chi connectivity index (χ1n) is 5.25. The second-order valence-electron chi connectivity index (χ2n) is 4.01. The van der Waals surface area contributed by atoms with E-state index in [2.05, 4.69) is 26.0 Å². The standard InChI is InChI=1S/C11H11BrN4O2/c1-6-4-9(16(17)18)11(13-5-6)15-8(3)10(12)7(2)14-15/h4-5H,1-3H3. The van der Waals surface area contributed by atoms with Crippen LogP contribution in [0.1, 0.15) is 17.0 Å². The first kappa shape index (κ1) is 12.7. The van der Waals surface area contributed by atoms with Gasteiger partial charge in [0, 0.05) is 12.3 Å². The van der Waals surface area contributed by atoms with Gasteiger partial charge in [0.2, 0.25) is 5.82 Å². The Hall–Kier alpha value is -1.76. The first-order valence-corrected chi connectivity index (χ1v) is 6.04. The van der Waals surface area contributed by atoms with Crippen molar-refractivity contribution in [3.63, 3.8) is 0 Å². The summed E-state index contributed by atoms with van der Waals surface area (Å²) in [5.74, 6) is 0.233. The molecular weight excluding hydrogens is 300 g/mol. The number of aryl methyl sites for hydroxylation is 2. The molecule has 2 aromatic rings. The summed E-state index contributed by atoms with van der Waals surface area (Å²) in [5, 5.41) is 15.3. The molecule has 0 N–H and O–H groups in total. The van der Waals surface area contributed by atoms with Crippen molar-refractivity contribution < 1.29 is 4.92 Å². The monoisotopic (exact) mass is 310 g/mol. The molecule has 2 aromatic heterocycles. The van der Waals surface area contributed by atoms with Gasteiger partial charge in [0.25, 0.3) is 0 Å². The van der Waals surface area contributed by atoms with Crippen molar-refractivity contribution in [1.82, 2.24) is 14.8 Å². The lowest BCUT2D eigenvalue weighted by atomic mass is 10.3. The van der Waals surface area contributed by atoms with Crippen molar-refractivity contribution in [3.8, 4) is 5.82 Å². The molecule has 0 amide bonds. The van der Waals surface area contributed by atoms with Gasteiger partial charge in [-0.2, -0.15) is 5.10 Å². The van der Waals surface area contributed by atoms with E-state index in [1.54, 1.807) is 13.1 Å². The van der Waals surface area contributed by atoms with Crippen LogP contribution in [0.2, 0.25) is 0 Å². The minimum absolute atomic E-state index is 0.0481. The maximum Gasteiger partial charge on any atom is 0.314 e. The van der Waals surface area contributed by atoms with Crippen molar-refractivity contribution in [2.45, 2.75) is 20.8 Å². The fourth-order valence-electron chi connectivity index (χ4n) is 1.67. The zero-order chi connectivity index (χ0) is 13.4. The number of rotatable bonds is 2. The number of nitro groups is 1. The second kappa shape index (κ2) is 4.49. The zero-order valence-corrected chi connectivity index (χ0v) is 11.7. The van der Waals surface area contributed by atoms with Gasteiger partial charge < -0.3 is 0 Å². The van der Waals surface area contributed by atoms with Gasteiger partial charge in [-0.1, -0.05) is 0 Å². The minimum atomic E-state index is -0.445. The number of halogens is 1. The van der Waals surface area contributed by atoms with Crippen LogP contribution in [0, 0.1) is 30.9 Å². The number of aromatic nitrogens is 3. The van der Waals surface area contributed by atoms with E-state index in [0.29, 0.717) is 0 Å². The maximum absolute atomic E-state index is 11.1. The molecule has 0 bridgehead atoms. The Morgan fingerprint density at radius 1 is 1.39 bits per heavy atom. The van der Waals surface area contributed by atoms with E-state index in [1.165, 1.54) is 10.7 Å². The molecule has 2 heterocycles. The van der Waals surface area contributed by atoms with Crippen molar-refractivity contribution in [2.75, 3.05) is 0 Å². The molecule has 0 aliphatic carbocycles. The fourth-order valence-corrected chi connectivity index (χ4v) is 1.92. The quantitative estimate of drug-likeness (QED) is 0.631. The molecule has 0 fully saturated rings. The Labute approximate surface area is 112 Å². The van der Waals surface area contributed by atoms with Gasteiger partial charge in [0.1, 0.15) is 0 Å². The normalized spacial score (nSPS) is 10.7. The van der Waals surface area contributed by atoms with Gasteiger partial charge in [-0.3, -0.25) is 10.1 Å². The van der Waals surface area contributed by atoms with Crippen LogP contribution in [-0.2, 0) is 0 Å². The van der Waals surface area contributed by atoms with Crippen LogP contribution >= 0.6 is 15.9 Å². The average Bonchev–Trinajstić information content (AvgIpc) is 2.57. The lowest BCUT2D eigenvalue weighted by Crippen LogP contribution is -2.06. The van der Waals surface area contributed by atoms with Crippen LogP contribution in [0.15, 0.2) is 16.7 Å². The van der Waals surface area contributed by atoms with E-state index in [4.69, 9.17) is 0 Å². The van der Waals surface area contributed by atoms with E-state index < -0.39 is 4.92 Å². The molecule has 0 saturated heterocycles. The van der Waals surface area contributed by atoms with E-state index in [9.17, 15) is 10.1 Å². The molecule has 0 saturated carbocycles. The van der Waals surface area contributed by atoms with Crippen LogP contribution in [0.4, 0.5) is 5.69 Å². The Bertz CT molecular complexity index is 636. The van der Waals surface area contributed by atoms with Crippen LogP contribution in [0.5, 0.6) is 0 Å². The lowest BCUT2D eigenvalue weighted by molar-refractivity contribution is -0.385. The molecule has 0 radical (unpaired) electrons. The highest BCUT2D eigenvalue weighted by molar-refractivity contribution is 9.10. The summed E-state index contributed by atoms with van der Waals surface area (Å²) < 4.78 is 2.32. The third-order valence-electron chi connectivity index (χ3n) is 2.58. The molecule has 18 heavy (non-hydrogen) atoms. The highest BCUT2D eigenvalue weighted by Crippen LogP contribution is 2.27. The van der Waals surface area contributed by atoms with Crippen LogP contribution in [0.25, 0.3) is 5.82 Å². The topological polar surface area (TPSA) is 73.8 Å². The van der Waals surface area contributed by atoms with E-state index in [1.807, 2.05) is 13.8 Å². The smallest absolute Gasteiger partial charge is 0.258 e. The van der Waals surface area contributed by atoms with Crippen molar-refractivity contribution in [2.24, 2.45) is 0 Å². The maximum atomic E-state index is 11.1. The predicted octanol–water partition coefficient (Wildman–Crippen LogP) is 2.86. The van der Waals surface area contributed by atoms with Crippen molar-refractivity contribution in [1.29, 1.82) is 0 Å². The van der Waals surface area contributed by atoms with E-state index in [-0.39, 0.29) is 11.5 Å². The summed E-state index contributed by atoms with van der Waals surface area (Å²) in [6.45, 7) is 5.42. The highest BCUT2D eigenvalue weighted by Gasteiger charge is 2.21. The largest absolute Gasteiger partial charge is 0.314 e. The summed E-state index contributed by atoms with van der Waals surface area (Å²) in [7, 11) is 0. The zero-order valence-electron chi connectivity index (χ0n) is 10.1. The summed E-state index contributed by atoms with van der Waals surface area (Å²) in [5.41, 5.74) is 2.25. The van der Waals surface area contributed by atoms with Crippen LogP contribution in [0.3, 0.4) is 0 Å². The Balaban J connectivity index is 2.71. The molecule has 0 spiro atoms. The Kier molecular flexibility index (Phi) is 3.16. The lowest BCUT2D eigenvalue weighted by Gasteiger charge is -2.04. The van der Waals surface area contributed by atoms with Crippen molar-refractivity contribution >= 4 is 21.6 Å². The summed E-state index contributed by atoms with van der Waals surface area (Å²) in [6, 6.07) is 1.49. The highest BCUT2D eigenvalue weighted by atomic mass is 79.9. The number of hydrogen-bond acceptors (Lipinski definition) is 4. The van der Waals surface area contributed by atoms with Gasteiger partial charge >= 0.3 is 5.69 Å². The predicted molar refractivity (Wildman–Crippen MR) is 69.9 cm³/mol. The summed E-state index contributed by atoms with van der Waals surface area (Å²) >= 11 is 3.39. The molecule has 0 aliphatic rings.